The van der Waals surface area contributed by atoms with E-state index in [-0.39, 0.29) is 6.04 Å². The molecule has 0 bridgehead atoms. The highest BCUT2D eigenvalue weighted by Gasteiger charge is 2.52. The fourth-order valence-corrected chi connectivity index (χ4v) is 6.06. The molecular formula is C29H30BrN3O3. The van der Waals surface area contributed by atoms with Gasteiger partial charge in [-0.05, 0) is 35.9 Å². The van der Waals surface area contributed by atoms with Gasteiger partial charge in [-0.2, -0.15) is 5.10 Å². The first-order chi connectivity index (χ1) is 17.6. The number of fused-ring (bicyclic) bond motifs is 4. The van der Waals surface area contributed by atoms with Gasteiger partial charge in [-0.15, -0.1) is 0 Å². The van der Waals surface area contributed by atoms with E-state index in [4.69, 9.17) is 19.3 Å². The predicted octanol–water partition coefficient (Wildman–Crippen LogP) is 6.00. The van der Waals surface area contributed by atoms with Crippen LogP contribution in [0, 0.1) is 0 Å². The SMILES string of the molecule is COc1ccc(C2=NN3[C@@H](C2)c2cc(Br)ccc2OC32CCN(Cc3ccccc3)CC2)c(OC)c1. The summed E-state index contributed by atoms with van der Waals surface area (Å²) in [4.78, 5) is 2.52. The Morgan fingerprint density at radius 3 is 2.56 bits per heavy atom. The van der Waals surface area contributed by atoms with Crippen LogP contribution in [-0.4, -0.2) is 48.7 Å². The standard InChI is InChI=1S/C29H30BrN3O3/c1-34-22-9-10-23(28(17-22)35-2)25-18-26-24-16-21(30)8-11-27(24)36-29(33(26)31-25)12-14-32(15-13-29)19-20-6-4-3-5-7-20/h3-11,16-17,26H,12-15,18-19H2,1-2H3/t26-/m0/s1. The second-order valence-electron chi connectivity index (χ2n) is 9.67. The number of piperidine rings is 1. The van der Waals surface area contributed by atoms with Gasteiger partial charge in [0.05, 0.1) is 26.0 Å². The van der Waals surface area contributed by atoms with Gasteiger partial charge in [0.15, 0.2) is 0 Å². The summed E-state index contributed by atoms with van der Waals surface area (Å²) >= 11 is 3.66. The zero-order valence-corrected chi connectivity index (χ0v) is 22.2. The summed E-state index contributed by atoms with van der Waals surface area (Å²) in [6.45, 7) is 2.88. The van der Waals surface area contributed by atoms with E-state index < -0.39 is 5.72 Å². The lowest BCUT2D eigenvalue weighted by Gasteiger charge is -2.51. The van der Waals surface area contributed by atoms with Crippen molar-refractivity contribution >= 4 is 21.6 Å². The van der Waals surface area contributed by atoms with Crippen molar-refractivity contribution in [3.8, 4) is 17.2 Å². The topological polar surface area (TPSA) is 46.5 Å². The number of nitrogens with zero attached hydrogens (tertiary/aromatic N) is 3. The summed E-state index contributed by atoms with van der Waals surface area (Å²) in [5, 5.41) is 7.48. The Kier molecular flexibility index (Phi) is 6.13. The highest BCUT2D eigenvalue weighted by Crippen LogP contribution is 2.51. The lowest BCUT2D eigenvalue weighted by atomic mass is 9.90. The van der Waals surface area contributed by atoms with Crippen molar-refractivity contribution in [1.82, 2.24) is 9.91 Å². The van der Waals surface area contributed by atoms with Crippen molar-refractivity contribution in [2.24, 2.45) is 5.10 Å². The van der Waals surface area contributed by atoms with Crippen molar-refractivity contribution in [1.29, 1.82) is 0 Å². The summed E-state index contributed by atoms with van der Waals surface area (Å²) in [7, 11) is 3.36. The summed E-state index contributed by atoms with van der Waals surface area (Å²) in [5.74, 6) is 2.51. The van der Waals surface area contributed by atoms with Crippen LogP contribution in [0.4, 0.5) is 0 Å². The van der Waals surface area contributed by atoms with E-state index in [0.717, 1.165) is 71.9 Å². The summed E-state index contributed by atoms with van der Waals surface area (Å²) in [6.07, 6.45) is 2.58. The molecule has 0 amide bonds. The fourth-order valence-electron chi connectivity index (χ4n) is 5.69. The van der Waals surface area contributed by atoms with Crippen LogP contribution in [0.3, 0.4) is 0 Å². The Balaban J connectivity index is 1.33. The lowest BCUT2D eigenvalue weighted by molar-refractivity contribution is -0.150. The first-order valence-corrected chi connectivity index (χ1v) is 13.2. The molecule has 3 aromatic carbocycles. The molecule has 1 atom stereocenters. The molecule has 0 saturated carbocycles. The van der Waals surface area contributed by atoms with E-state index in [1.54, 1.807) is 14.2 Å². The monoisotopic (exact) mass is 547 g/mol. The number of benzene rings is 3. The van der Waals surface area contributed by atoms with Gasteiger partial charge in [0, 0.05) is 60.6 Å². The number of hydrogen-bond acceptors (Lipinski definition) is 6. The van der Waals surface area contributed by atoms with Crippen LogP contribution in [0.5, 0.6) is 17.2 Å². The normalized spacial score (nSPS) is 20.4. The molecular weight excluding hydrogens is 518 g/mol. The number of likely N-dealkylation sites (tertiary alicyclic amines) is 1. The Morgan fingerprint density at radius 1 is 1.00 bits per heavy atom. The third-order valence-corrected chi connectivity index (χ3v) is 8.06. The second kappa shape index (κ2) is 9.45. The largest absolute Gasteiger partial charge is 0.497 e. The molecule has 36 heavy (non-hydrogen) atoms. The van der Waals surface area contributed by atoms with Gasteiger partial charge < -0.3 is 14.2 Å². The fraction of sp³-hybridized carbons (Fsp3) is 0.345. The van der Waals surface area contributed by atoms with Gasteiger partial charge in [-0.3, -0.25) is 4.90 Å². The van der Waals surface area contributed by atoms with Gasteiger partial charge in [0.25, 0.3) is 0 Å². The molecule has 0 aromatic heterocycles. The Hall–Kier alpha value is -3.03. The Labute approximate surface area is 220 Å². The molecule has 0 aliphatic carbocycles. The summed E-state index contributed by atoms with van der Waals surface area (Å²) in [6, 6.07) is 23.1. The first kappa shape index (κ1) is 23.4. The molecule has 3 aromatic rings. The maximum absolute atomic E-state index is 6.83. The zero-order valence-electron chi connectivity index (χ0n) is 20.6. The smallest absolute Gasteiger partial charge is 0.200 e. The van der Waals surface area contributed by atoms with Crippen LogP contribution < -0.4 is 14.2 Å². The third-order valence-electron chi connectivity index (χ3n) is 7.56. The third kappa shape index (κ3) is 4.14. The second-order valence-corrected chi connectivity index (χ2v) is 10.6. The number of hydrazone groups is 1. The van der Waals surface area contributed by atoms with Crippen LogP contribution >= 0.6 is 15.9 Å². The Bertz CT molecular complexity index is 1290. The molecule has 6 nitrogen and oxygen atoms in total. The zero-order chi connectivity index (χ0) is 24.7. The molecule has 0 N–H and O–H groups in total. The molecule has 1 saturated heterocycles. The maximum atomic E-state index is 6.83. The van der Waals surface area contributed by atoms with E-state index in [9.17, 15) is 0 Å². The van der Waals surface area contributed by atoms with E-state index >= 15 is 0 Å². The number of methoxy groups -OCH3 is 2. The molecule has 0 radical (unpaired) electrons. The van der Waals surface area contributed by atoms with E-state index in [1.807, 2.05) is 18.2 Å². The molecule has 1 fully saturated rings. The molecule has 186 valence electrons. The summed E-state index contributed by atoms with van der Waals surface area (Å²) < 4.78 is 19.0. The minimum atomic E-state index is -0.458. The predicted molar refractivity (Wildman–Crippen MR) is 144 cm³/mol. The number of ether oxygens (including phenoxy) is 3. The van der Waals surface area contributed by atoms with Gasteiger partial charge >= 0.3 is 0 Å². The minimum absolute atomic E-state index is 0.119. The van der Waals surface area contributed by atoms with E-state index in [2.05, 4.69) is 74.4 Å². The van der Waals surface area contributed by atoms with Crippen molar-refractivity contribution in [3.63, 3.8) is 0 Å². The molecule has 1 spiro atoms. The molecule has 0 unspecified atom stereocenters. The maximum Gasteiger partial charge on any atom is 0.200 e. The molecule has 7 heteroatoms. The Morgan fingerprint density at radius 2 is 1.81 bits per heavy atom. The average Bonchev–Trinajstić information content (AvgIpc) is 3.37. The van der Waals surface area contributed by atoms with Gasteiger partial charge in [-0.25, -0.2) is 5.01 Å². The first-order valence-electron chi connectivity index (χ1n) is 12.4. The molecule has 3 heterocycles. The van der Waals surface area contributed by atoms with Crippen LogP contribution in [0.2, 0.25) is 0 Å². The van der Waals surface area contributed by atoms with Gasteiger partial charge in [0.2, 0.25) is 5.72 Å². The highest BCUT2D eigenvalue weighted by atomic mass is 79.9. The number of rotatable bonds is 5. The van der Waals surface area contributed by atoms with E-state index in [1.165, 1.54) is 11.1 Å². The van der Waals surface area contributed by atoms with Crippen molar-refractivity contribution < 1.29 is 14.2 Å². The number of halogens is 1. The van der Waals surface area contributed by atoms with Crippen molar-refractivity contribution in [2.75, 3.05) is 27.3 Å². The van der Waals surface area contributed by atoms with Crippen LogP contribution in [0.15, 0.2) is 76.3 Å². The van der Waals surface area contributed by atoms with Gasteiger partial charge in [-0.1, -0.05) is 46.3 Å². The van der Waals surface area contributed by atoms with Crippen LogP contribution in [-0.2, 0) is 6.54 Å². The molecule has 6 rings (SSSR count). The minimum Gasteiger partial charge on any atom is -0.497 e. The molecule has 3 aliphatic heterocycles. The summed E-state index contributed by atoms with van der Waals surface area (Å²) in [5.41, 5.74) is 4.08. The number of hydrogen-bond donors (Lipinski definition) is 0. The van der Waals surface area contributed by atoms with Crippen molar-refractivity contribution in [3.05, 3.63) is 87.9 Å². The van der Waals surface area contributed by atoms with E-state index in [0.29, 0.717) is 0 Å². The van der Waals surface area contributed by atoms with Crippen LogP contribution in [0.25, 0.3) is 0 Å². The quantitative estimate of drug-likeness (QED) is 0.392. The molecule has 3 aliphatic rings. The lowest BCUT2D eigenvalue weighted by Crippen LogP contribution is -2.59. The van der Waals surface area contributed by atoms with Gasteiger partial charge in [0.1, 0.15) is 17.2 Å². The highest BCUT2D eigenvalue weighted by molar-refractivity contribution is 9.10. The average molecular weight is 548 g/mol. The van der Waals surface area contributed by atoms with Crippen molar-refractivity contribution in [2.45, 2.75) is 37.6 Å². The van der Waals surface area contributed by atoms with Crippen LogP contribution in [0.1, 0.15) is 42.0 Å².